The second-order valence-electron chi connectivity index (χ2n) is 3.97. The topological polar surface area (TPSA) is 55.2 Å². The SMILES string of the molecule is CCSCC(C)NCc1ccc([N+](=O)[O-])cc1Br. The first-order valence-electron chi connectivity index (χ1n) is 5.78. The molecule has 6 heteroatoms. The fourth-order valence-corrected chi connectivity index (χ4v) is 2.64. The number of benzene rings is 1. The van der Waals surface area contributed by atoms with Crippen molar-refractivity contribution in [2.24, 2.45) is 0 Å². The van der Waals surface area contributed by atoms with Crippen molar-refractivity contribution in [1.29, 1.82) is 0 Å². The number of nitro benzene ring substituents is 1. The number of halogens is 1. The van der Waals surface area contributed by atoms with E-state index >= 15 is 0 Å². The molecule has 0 bridgehead atoms. The molecule has 0 aliphatic heterocycles. The standard InChI is InChI=1S/C12H17BrN2O2S/c1-3-18-8-9(2)14-7-10-4-5-11(15(16)17)6-12(10)13/h4-6,9,14H,3,7-8H2,1-2H3. The van der Waals surface area contributed by atoms with Crippen molar-refractivity contribution in [3.05, 3.63) is 38.3 Å². The van der Waals surface area contributed by atoms with E-state index in [2.05, 4.69) is 35.1 Å². The fraction of sp³-hybridized carbons (Fsp3) is 0.500. The predicted molar refractivity (Wildman–Crippen MR) is 80.1 cm³/mol. The van der Waals surface area contributed by atoms with Crippen LogP contribution < -0.4 is 5.32 Å². The van der Waals surface area contributed by atoms with Crippen LogP contribution in [0.4, 0.5) is 5.69 Å². The highest BCUT2D eigenvalue weighted by Gasteiger charge is 2.09. The Bertz CT molecular complexity index is 415. The molecule has 1 atom stereocenters. The number of hydrogen-bond acceptors (Lipinski definition) is 4. The summed E-state index contributed by atoms with van der Waals surface area (Å²) in [5.74, 6) is 2.19. The first-order valence-corrected chi connectivity index (χ1v) is 7.73. The molecule has 1 aromatic rings. The van der Waals surface area contributed by atoms with E-state index in [0.29, 0.717) is 12.6 Å². The van der Waals surface area contributed by atoms with Gasteiger partial charge >= 0.3 is 0 Å². The summed E-state index contributed by atoms with van der Waals surface area (Å²) in [5.41, 5.74) is 1.15. The third-order valence-electron chi connectivity index (χ3n) is 2.46. The van der Waals surface area contributed by atoms with Crippen LogP contribution in [0, 0.1) is 10.1 Å². The van der Waals surface area contributed by atoms with Crippen molar-refractivity contribution in [3.63, 3.8) is 0 Å². The maximum Gasteiger partial charge on any atom is 0.270 e. The Morgan fingerprint density at radius 3 is 2.83 bits per heavy atom. The lowest BCUT2D eigenvalue weighted by Crippen LogP contribution is -2.27. The highest BCUT2D eigenvalue weighted by atomic mass is 79.9. The second kappa shape index (κ2) is 7.76. The summed E-state index contributed by atoms with van der Waals surface area (Å²) in [5, 5.41) is 14.0. The second-order valence-corrected chi connectivity index (χ2v) is 6.15. The van der Waals surface area contributed by atoms with Gasteiger partial charge in [0.2, 0.25) is 0 Å². The first kappa shape index (κ1) is 15.5. The number of thioether (sulfide) groups is 1. The molecule has 0 radical (unpaired) electrons. The van der Waals surface area contributed by atoms with E-state index in [0.717, 1.165) is 21.5 Å². The van der Waals surface area contributed by atoms with Gasteiger partial charge in [-0.15, -0.1) is 0 Å². The summed E-state index contributed by atoms with van der Waals surface area (Å²) >= 11 is 5.27. The molecule has 1 rings (SSSR count). The van der Waals surface area contributed by atoms with Crippen LogP contribution >= 0.6 is 27.7 Å². The molecule has 100 valence electrons. The molecule has 1 aromatic carbocycles. The molecule has 0 aliphatic rings. The normalized spacial score (nSPS) is 12.4. The number of nitro groups is 1. The lowest BCUT2D eigenvalue weighted by Gasteiger charge is -2.13. The summed E-state index contributed by atoms with van der Waals surface area (Å²) in [6.45, 7) is 5.00. The highest BCUT2D eigenvalue weighted by molar-refractivity contribution is 9.10. The minimum atomic E-state index is -0.386. The van der Waals surface area contributed by atoms with Gasteiger partial charge in [0, 0.05) is 34.9 Å². The molecule has 1 unspecified atom stereocenters. The molecular weight excluding hydrogens is 316 g/mol. The number of nitrogens with one attached hydrogen (secondary N) is 1. The number of nitrogens with zero attached hydrogens (tertiary/aromatic N) is 1. The van der Waals surface area contributed by atoms with Crippen LogP contribution in [-0.4, -0.2) is 22.5 Å². The van der Waals surface area contributed by atoms with Gasteiger partial charge in [0.1, 0.15) is 0 Å². The summed E-state index contributed by atoms with van der Waals surface area (Å²) in [6, 6.07) is 5.29. The van der Waals surface area contributed by atoms with Gasteiger partial charge in [-0.05, 0) is 24.3 Å². The van der Waals surface area contributed by atoms with Crippen LogP contribution in [0.3, 0.4) is 0 Å². The van der Waals surface area contributed by atoms with Crippen molar-refractivity contribution < 1.29 is 4.92 Å². The summed E-state index contributed by atoms with van der Waals surface area (Å²) in [7, 11) is 0. The van der Waals surface area contributed by atoms with Crippen LogP contribution in [0.25, 0.3) is 0 Å². The zero-order valence-corrected chi connectivity index (χ0v) is 12.9. The van der Waals surface area contributed by atoms with Gasteiger partial charge in [0.25, 0.3) is 5.69 Å². The molecule has 0 amide bonds. The number of rotatable bonds is 7. The molecule has 0 heterocycles. The largest absolute Gasteiger partial charge is 0.309 e. The Kier molecular flexibility index (Phi) is 6.67. The molecule has 18 heavy (non-hydrogen) atoms. The molecule has 4 nitrogen and oxygen atoms in total. The maximum absolute atomic E-state index is 10.6. The Morgan fingerprint density at radius 1 is 1.56 bits per heavy atom. The zero-order chi connectivity index (χ0) is 13.5. The van der Waals surface area contributed by atoms with Gasteiger partial charge in [-0.2, -0.15) is 11.8 Å². The molecule has 0 fully saturated rings. The van der Waals surface area contributed by atoms with E-state index in [1.54, 1.807) is 12.1 Å². The molecule has 0 aliphatic carbocycles. The van der Waals surface area contributed by atoms with E-state index in [1.165, 1.54) is 6.07 Å². The van der Waals surface area contributed by atoms with Gasteiger partial charge < -0.3 is 5.32 Å². The molecule has 0 spiro atoms. The Balaban J connectivity index is 2.55. The van der Waals surface area contributed by atoms with E-state index < -0.39 is 0 Å². The zero-order valence-electron chi connectivity index (χ0n) is 10.5. The third kappa shape index (κ3) is 4.96. The van der Waals surface area contributed by atoms with Crippen LogP contribution in [0.15, 0.2) is 22.7 Å². The van der Waals surface area contributed by atoms with Crippen molar-refractivity contribution in [2.45, 2.75) is 26.4 Å². The highest BCUT2D eigenvalue weighted by Crippen LogP contribution is 2.23. The van der Waals surface area contributed by atoms with Gasteiger partial charge in [-0.25, -0.2) is 0 Å². The monoisotopic (exact) mass is 332 g/mol. The average molecular weight is 333 g/mol. The summed E-state index contributed by atoms with van der Waals surface area (Å²) in [6.07, 6.45) is 0. The molecule has 1 N–H and O–H groups in total. The van der Waals surface area contributed by atoms with Gasteiger partial charge in [-0.1, -0.05) is 22.9 Å². The van der Waals surface area contributed by atoms with E-state index in [4.69, 9.17) is 0 Å². The van der Waals surface area contributed by atoms with Gasteiger partial charge in [-0.3, -0.25) is 10.1 Å². The maximum atomic E-state index is 10.6. The van der Waals surface area contributed by atoms with Gasteiger partial charge in [0.15, 0.2) is 0 Å². The van der Waals surface area contributed by atoms with E-state index in [9.17, 15) is 10.1 Å². The smallest absolute Gasteiger partial charge is 0.270 e. The molecule has 0 aromatic heterocycles. The lowest BCUT2D eigenvalue weighted by atomic mass is 10.2. The Labute approximate surface area is 120 Å². The summed E-state index contributed by atoms with van der Waals surface area (Å²) in [4.78, 5) is 10.2. The number of non-ortho nitro benzene ring substituents is 1. The minimum absolute atomic E-state index is 0.111. The van der Waals surface area contributed by atoms with Crippen LogP contribution in [-0.2, 0) is 6.54 Å². The predicted octanol–water partition coefficient (Wildman–Crippen LogP) is 3.59. The molecule has 0 saturated heterocycles. The first-order chi connectivity index (χ1) is 8.54. The van der Waals surface area contributed by atoms with E-state index in [1.807, 2.05) is 11.8 Å². The molecule has 0 saturated carbocycles. The minimum Gasteiger partial charge on any atom is -0.309 e. The van der Waals surface area contributed by atoms with Crippen LogP contribution in [0.5, 0.6) is 0 Å². The summed E-state index contributed by atoms with van der Waals surface area (Å²) < 4.78 is 0.777. The van der Waals surface area contributed by atoms with Crippen molar-refractivity contribution in [3.8, 4) is 0 Å². The molecular formula is C12H17BrN2O2S. The van der Waals surface area contributed by atoms with Crippen LogP contribution in [0.2, 0.25) is 0 Å². The Morgan fingerprint density at radius 2 is 2.28 bits per heavy atom. The quantitative estimate of drug-likeness (QED) is 0.612. The lowest BCUT2D eigenvalue weighted by molar-refractivity contribution is -0.384. The number of hydrogen-bond donors (Lipinski definition) is 1. The van der Waals surface area contributed by atoms with Crippen molar-refractivity contribution in [2.75, 3.05) is 11.5 Å². The van der Waals surface area contributed by atoms with Crippen molar-refractivity contribution >= 4 is 33.4 Å². The van der Waals surface area contributed by atoms with Gasteiger partial charge in [0.05, 0.1) is 4.92 Å². The van der Waals surface area contributed by atoms with Crippen molar-refractivity contribution in [1.82, 2.24) is 5.32 Å². The van der Waals surface area contributed by atoms with E-state index in [-0.39, 0.29) is 10.6 Å². The average Bonchev–Trinajstić information content (AvgIpc) is 2.34. The Hall–Kier alpha value is -0.590. The fourth-order valence-electron chi connectivity index (χ4n) is 1.43. The third-order valence-corrected chi connectivity index (χ3v) is 4.34. The van der Waals surface area contributed by atoms with Crippen LogP contribution in [0.1, 0.15) is 19.4 Å².